The van der Waals surface area contributed by atoms with E-state index in [0.29, 0.717) is 23.1 Å². The molecule has 0 radical (unpaired) electrons. The maximum absolute atomic E-state index is 9.85. The molecule has 0 bridgehead atoms. The van der Waals surface area contributed by atoms with E-state index < -0.39 is 0 Å². The summed E-state index contributed by atoms with van der Waals surface area (Å²) in [7, 11) is 2.05. The molecule has 1 fully saturated rings. The monoisotopic (exact) mass is 499 g/mol. The highest BCUT2D eigenvalue weighted by Crippen LogP contribution is 2.38. The molecule has 0 aliphatic heterocycles. The maximum atomic E-state index is 9.85. The van der Waals surface area contributed by atoms with E-state index in [0.717, 1.165) is 29.7 Å². The van der Waals surface area contributed by atoms with Crippen LogP contribution in [0, 0.1) is 11.3 Å². The van der Waals surface area contributed by atoms with E-state index in [4.69, 9.17) is 10.5 Å². The highest BCUT2D eigenvalue weighted by molar-refractivity contribution is 5.94. The lowest BCUT2D eigenvalue weighted by Gasteiger charge is -2.23. The van der Waals surface area contributed by atoms with Crippen molar-refractivity contribution in [3.63, 3.8) is 0 Å². The van der Waals surface area contributed by atoms with E-state index >= 15 is 0 Å². The van der Waals surface area contributed by atoms with Gasteiger partial charge < -0.3 is 15.4 Å². The maximum Gasteiger partial charge on any atom is 0.321 e. The second kappa shape index (κ2) is 17.3. The molecule has 0 saturated heterocycles. The van der Waals surface area contributed by atoms with E-state index in [9.17, 15) is 5.26 Å². The van der Waals surface area contributed by atoms with Gasteiger partial charge in [-0.25, -0.2) is 9.97 Å². The van der Waals surface area contributed by atoms with Crippen molar-refractivity contribution in [2.75, 3.05) is 17.7 Å². The van der Waals surface area contributed by atoms with Crippen molar-refractivity contribution in [1.29, 1.82) is 5.26 Å². The first-order valence-corrected chi connectivity index (χ1v) is 12.8. The van der Waals surface area contributed by atoms with Crippen molar-refractivity contribution in [1.82, 2.24) is 9.97 Å². The van der Waals surface area contributed by atoms with E-state index in [2.05, 4.69) is 68.8 Å². The predicted octanol–water partition coefficient (Wildman–Crippen LogP) is 8.15. The van der Waals surface area contributed by atoms with Crippen molar-refractivity contribution in [2.24, 2.45) is 0 Å². The number of benzene rings is 2. The fourth-order valence-corrected chi connectivity index (χ4v) is 3.13. The molecule has 37 heavy (non-hydrogen) atoms. The summed E-state index contributed by atoms with van der Waals surface area (Å²) in [4.78, 5) is 10.4. The van der Waals surface area contributed by atoms with Crippen LogP contribution in [0.5, 0.6) is 11.8 Å². The van der Waals surface area contributed by atoms with Crippen molar-refractivity contribution >= 4 is 23.0 Å². The summed E-state index contributed by atoms with van der Waals surface area (Å²) in [5.41, 5.74) is 9.78. The van der Waals surface area contributed by atoms with Gasteiger partial charge in [0.2, 0.25) is 0 Å². The largest absolute Gasteiger partial charge is 0.424 e. The number of nitrogens with two attached hydrogens (primary N) is 1. The summed E-state index contributed by atoms with van der Waals surface area (Å²) in [6, 6.07) is 18.0. The van der Waals surface area contributed by atoms with E-state index in [1.807, 2.05) is 48.5 Å². The average Bonchev–Trinajstić information content (AvgIpc) is 3.77. The summed E-state index contributed by atoms with van der Waals surface area (Å²) in [6.45, 7) is 14.5. The molecule has 3 aromatic rings. The Morgan fingerprint density at radius 1 is 1.05 bits per heavy atom. The van der Waals surface area contributed by atoms with Crippen LogP contribution in [0.15, 0.2) is 74.1 Å². The molecular weight excluding hydrogens is 458 g/mol. The zero-order valence-electron chi connectivity index (χ0n) is 22.9. The molecule has 0 spiro atoms. The smallest absolute Gasteiger partial charge is 0.321 e. The number of ether oxygens (including phenoxy) is 1. The summed E-state index contributed by atoms with van der Waals surface area (Å²) in [5.74, 6) is 0.632. The molecule has 0 atom stereocenters. The lowest BCUT2D eigenvalue weighted by molar-refractivity contribution is 0.441. The van der Waals surface area contributed by atoms with E-state index in [-0.39, 0.29) is 6.01 Å². The van der Waals surface area contributed by atoms with Gasteiger partial charge in [0.25, 0.3) is 0 Å². The Hall–Kier alpha value is -4.11. The minimum Gasteiger partial charge on any atom is -0.424 e. The number of nitrogen functional groups attached to an aromatic ring is 1. The molecule has 0 unspecified atom stereocenters. The molecule has 2 N–H and O–H groups in total. The van der Waals surface area contributed by atoms with Gasteiger partial charge in [-0.05, 0) is 54.8 Å². The van der Waals surface area contributed by atoms with Gasteiger partial charge in [-0.2, -0.15) is 5.26 Å². The van der Waals surface area contributed by atoms with Gasteiger partial charge in [0, 0.05) is 48.5 Å². The number of hydrogen-bond acceptors (Lipinski definition) is 6. The SMILES string of the molecule is C=C.CCC.CCC.CN(c1cc(Oc2ncccn2)ccc1/C(C#N)=C/c1ccc(N)cc1)C1CC1. The lowest BCUT2D eigenvalue weighted by Crippen LogP contribution is -2.20. The van der Waals surface area contributed by atoms with Crippen LogP contribution in [0.3, 0.4) is 0 Å². The van der Waals surface area contributed by atoms with Crippen LogP contribution in [0.1, 0.15) is 64.5 Å². The molecule has 196 valence electrons. The zero-order chi connectivity index (χ0) is 27.6. The quantitative estimate of drug-likeness (QED) is 0.159. The van der Waals surface area contributed by atoms with Gasteiger partial charge >= 0.3 is 6.01 Å². The van der Waals surface area contributed by atoms with Crippen LogP contribution in [-0.2, 0) is 0 Å². The first kappa shape index (κ1) is 30.9. The molecular formula is C31H41N5O. The molecule has 4 rings (SSSR count). The molecule has 1 aromatic heterocycles. The zero-order valence-corrected chi connectivity index (χ0v) is 22.9. The normalized spacial score (nSPS) is 11.7. The van der Waals surface area contributed by atoms with E-state index in [1.165, 1.54) is 12.8 Å². The minimum atomic E-state index is 0.290. The predicted molar refractivity (Wildman–Crippen MR) is 157 cm³/mol. The van der Waals surface area contributed by atoms with Gasteiger partial charge in [-0.1, -0.05) is 52.7 Å². The second-order valence-corrected chi connectivity index (χ2v) is 8.41. The number of allylic oxidation sites excluding steroid dienone is 1. The van der Waals surface area contributed by atoms with Crippen LogP contribution >= 0.6 is 0 Å². The molecule has 2 aromatic carbocycles. The van der Waals surface area contributed by atoms with Crippen molar-refractivity contribution < 1.29 is 4.74 Å². The Morgan fingerprint density at radius 2 is 1.62 bits per heavy atom. The highest BCUT2D eigenvalue weighted by atomic mass is 16.5. The number of nitriles is 1. The first-order valence-electron chi connectivity index (χ1n) is 12.8. The molecule has 0 amide bonds. The molecule has 6 heteroatoms. The second-order valence-electron chi connectivity index (χ2n) is 8.41. The summed E-state index contributed by atoms with van der Waals surface area (Å²) < 4.78 is 5.80. The van der Waals surface area contributed by atoms with Crippen LogP contribution < -0.4 is 15.4 Å². The number of anilines is 2. The fourth-order valence-electron chi connectivity index (χ4n) is 3.13. The van der Waals surface area contributed by atoms with Crippen molar-refractivity contribution in [3.8, 4) is 17.8 Å². The van der Waals surface area contributed by atoms with Gasteiger partial charge in [0.15, 0.2) is 0 Å². The molecule has 1 aliphatic carbocycles. The third-order valence-electron chi connectivity index (χ3n) is 4.85. The topological polar surface area (TPSA) is 88.1 Å². The average molecular weight is 500 g/mol. The first-order chi connectivity index (χ1) is 18.0. The molecule has 6 nitrogen and oxygen atoms in total. The Bertz CT molecular complexity index is 1110. The minimum absolute atomic E-state index is 0.290. The number of aromatic nitrogens is 2. The Kier molecular flexibility index (Phi) is 14.5. The highest BCUT2D eigenvalue weighted by Gasteiger charge is 2.28. The lowest BCUT2D eigenvalue weighted by atomic mass is 10.0. The Morgan fingerprint density at radius 3 is 2.14 bits per heavy atom. The molecule has 1 aliphatic rings. The third kappa shape index (κ3) is 10.6. The number of rotatable bonds is 6. The summed E-state index contributed by atoms with van der Waals surface area (Å²) in [5, 5.41) is 9.85. The van der Waals surface area contributed by atoms with Gasteiger partial charge in [-0.15, -0.1) is 13.2 Å². The van der Waals surface area contributed by atoms with Crippen LogP contribution in [0.4, 0.5) is 11.4 Å². The van der Waals surface area contributed by atoms with Crippen molar-refractivity contribution in [3.05, 3.63) is 85.2 Å². The molecule has 1 heterocycles. The van der Waals surface area contributed by atoms with Gasteiger partial charge in [0.05, 0.1) is 11.6 Å². The summed E-state index contributed by atoms with van der Waals surface area (Å²) >= 11 is 0. The Labute approximate surface area is 223 Å². The molecule has 1 saturated carbocycles. The third-order valence-corrected chi connectivity index (χ3v) is 4.85. The fraction of sp³-hybridized carbons (Fsp3) is 0.323. The standard InChI is InChI=1S/C23H21N5O.2C3H8.C2H4/c1-28(19-7-8-19)22-14-20(29-23-26-11-2-12-27-23)9-10-21(22)17(15-24)13-16-3-5-18(25)6-4-16;2*1-3-2;1-2/h2-6,9-14,19H,7-8,25H2,1H3;2*3H2,1-2H3;1-2H2/b17-13+;;;. The summed E-state index contributed by atoms with van der Waals surface area (Å²) in [6.07, 6.45) is 9.94. The Balaban J connectivity index is 0.000000767. The van der Waals surface area contributed by atoms with Gasteiger partial charge in [0.1, 0.15) is 5.75 Å². The number of nitrogens with zero attached hydrogens (tertiary/aromatic N) is 4. The van der Waals surface area contributed by atoms with Gasteiger partial charge in [-0.3, -0.25) is 0 Å². The number of hydrogen-bond donors (Lipinski definition) is 1. The van der Waals surface area contributed by atoms with Crippen LogP contribution in [0.2, 0.25) is 0 Å². The van der Waals surface area contributed by atoms with Crippen LogP contribution in [-0.4, -0.2) is 23.1 Å². The van der Waals surface area contributed by atoms with Crippen LogP contribution in [0.25, 0.3) is 11.6 Å². The van der Waals surface area contributed by atoms with Crippen molar-refractivity contribution in [2.45, 2.75) is 59.4 Å². The van der Waals surface area contributed by atoms with E-state index in [1.54, 1.807) is 18.5 Å².